The zero-order valence-electron chi connectivity index (χ0n) is 11.4. The van der Waals surface area contributed by atoms with Gasteiger partial charge in [0.2, 0.25) is 10.0 Å². The minimum atomic E-state index is -3.88. The Hall–Kier alpha value is -1.22. The number of sulfonamides is 1. The number of halogens is 1. The molecule has 1 aromatic rings. The molecule has 0 saturated carbocycles. The van der Waals surface area contributed by atoms with Crippen molar-refractivity contribution < 1.29 is 13.3 Å². The molecule has 21 heavy (non-hydrogen) atoms. The molecular weight excluding hydrogens is 318 g/mol. The predicted molar refractivity (Wildman–Crippen MR) is 79.1 cm³/mol. The fourth-order valence-electron chi connectivity index (χ4n) is 2.26. The van der Waals surface area contributed by atoms with Gasteiger partial charge in [0, 0.05) is 18.7 Å². The van der Waals surface area contributed by atoms with Crippen LogP contribution in [0.4, 0.5) is 5.69 Å². The minimum absolute atomic E-state index is 0.0818. The smallest absolute Gasteiger partial charge is 0.289 e. The predicted octanol–water partition coefficient (Wildman–Crippen LogP) is 1.59. The van der Waals surface area contributed by atoms with Crippen molar-refractivity contribution >= 4 is 27.3 Å². The van der Waals surface area contributed by atoms with Crippen LogP contribution in [0, 0.1) is 17.0 Å². The highest BCUT2D eigenvalue weighted by atomic mass is 35.5. The average molecular weight is 334 g/mol. The molecule has 116 valence electrons. The van der Waals surface area contributed by atoms with E-state index in [-0.39, 0.29) is 22.5 Å². The maximum Gasteiger partial charge on any atom is 0.289 e. The maximum absolute atomic E-state index is 12.3. The standard InChI is InChI=1S/C12H16ClN3O4S/c1-8-5-10(16(17)18)12(13)11(6-8)21(19,20)15-7-9-3-2-4-14-9/h5-6,9,14-15H,2-4,7H2,1H3. The van der Waals surface area contributed by atoms with Gasteiger partial charge < -0.3 is 5.32 Å². The molecule has 7 nitrogen and oxygen atoms in total. The van der Waals surface area contributed by atoms with Crippen molar-refractivity contribution in [3.63, 3.8) is 0 Å². The molecule has 0 bridgehead atoms. The molecule has 1 heterocycles. The van der Waals surface area contributed by atoms with Crippen molar-refractivity contribution in [2.45, 2.75) is 30.7 Å². The van der Waals surface area contributed by atoms with E-state index in [0.29, 0.717) is 5.56 Å². The number of hydrogen-bond acceptors (Lipinski definition) is 5. The summed E-state index contributed by atoms with van der Waals surface area (Å²) in [5.41, 5.74) is 0.0569. The van der Waals surface area contributed by atoms with Crippen molar-refractivity contribution in [2.75, 3.05) is 13.1 Å². The van der Waals surface area contributed by atoms with Crippen molar-refractivity contribution in [2.24, 2.45) is 0 Å². The summed E-state index contributed by atoms with van der Waals surface area (Å²) in [6.07, 6.45) is 1.90. The number of rotatable bonds is 5. The second-order valence-electron chi connectivity index (χ2n) is 5.00. The molecular formula is C12H16ClN3O4S. The van der Waals surface area contributed by atoms with Crippen molar-refractivity contribution in [3.05, 3.63) is 32.8 Å². The summed E-state index contributed by atoms with van der Waals surface area (Å²) in [7, 11) is -3.88. The highest BCUT2D eigenvalue weighted by Gasteiger charge is 2.26. The highest BCUT2D eigenvalue weighted by Crippen LogP contribution is 2.32. The summed E-state index contributed by atoms with van der Waals surface area (Å²) in [6, 6.07) is 2.66. The number of aryl methyl sites for hydroxylation is 1. The van der Waals surface area contributed by atoms with Gasteiger partial charge in [0.15, 0.2) is 0 Å². The van der Waals surface area contributed by atoms with E-state index in [1.807, 2.05) is 0 Å². The number of nitro groups is 1. The van der Waals surface area contributed by atoms with Gasteiger partial charge in [0.25, 0.3) is 5.69 Å². The van der Waals surface area contributed by atoms with Crippen LogP contribution >= 0.6 is 11.6 Å². The lowest BCUT2D eigenvalue weighted by Crippen LogP contribution is -2.37. The lowest BCUT2D eigenvalue weighted by molar-refractivity contribution is -0.385. The molecule has 1 aliphatic rings. The van der Waals surface area contributed by atoms with Crippen LogP contribution in [-0.4, -0.2) is 32.5 Å². The largest absolute Gasteiger partial charge is 0.313 e. The Morgan fingerprint density at radius 3 is 2.81 bits per heavy atom. The van der Waals surface area contributed by atoms with E-state index in [1.54, 1.807) is 6.92 Å². The third kappa shape index (κ3) is 3.70. The molecule has 1 aliphatic heterocycles. The molecule has 2 rings (SSSR count). The molecule has 9 heteroatoms. The van der Waals surface area contributed by atoms with Gasteiger partial charge in [-0.2, -0.15) is 0 Å². The van der Waals surface area contributed by atoms with E-state index in [1.165, 1.54) is 12.1 Å². The fourth-order valence-corrected chi connectivity index (χ4v) is 4.00. The molecule has 1 saturated heterocycles. The minimum Gasteiger partial charge on any atom is -0.313 e. The van der Waals surface area contributed by atoms with Gasteiger partial charge in [-0.25, -0.2) is 13.1 Å². The Balaban J connectivity index is 2.28. The third-order valence-corrected chi connectivity index (χ3v) is 5.29. The Labute approximate surface area is 127 Å². The van der Waals surface area contributed by atoms with Gasteiger partial charge in [-0.1, -0.05) is 11.6 Å². The van der Waals surface area contributed by atoms with Gasteiger partial charge in [0.05, 0.1) is 4.92 Å². The summed E-state index contributed by atoms with van der Waals surface area (Å²) in [5, 5.41) is 13.7. The van der Waals surface area contributed by atoms with Gasteiger partial charge in [-0.15, -0.1) is 0 Å². The number of benzene rings is 1. The van der Waals surface area contributed by atoms with Crippen LogP contribution in [0.2, 0.25) is 5.02 Å². The summed E-state index contributed by atoms with van der Waals surface area (Å²) >= 11 is 5.88. The Bertz CT molecular complexity index is 657. The monoisotopic (exact) mass is 333 g/mol. The second kappa shape index (κ2) is 6.27. The first-order chi connectivity index (χ1) is 9.81. The highest BCUT2D eigenvalue weighted by molar-refractivity contribution is 7.89. The van der Waals surface area contributed by atoms with E-state index in [4.69, 9.17) is 11.6 Å². The van der Waals surface area contributed by atoms with E-state index < -0.39 is 20.6 Å². The van der Waals surface area contributed by atoms with Crippen molar-refractivity contribution in [1.82, 2.24) is 10.0 Å². The van der Waals surface area contributed by atoms with E-state index in [0.717, 1.165) is 19.4 Å². The zero-order valence-corrected chi connectivity index (χ0v) is 13.0. The van der Waals surface area contributed by atoms with E-state index >= 15 is 0 Å². The molecule has 0 amide bonds. The molecule has 1 aromatic carbocycles. The Morgan fingerprint density at radius 1 is 1.52 bits per heavy atom. The molecule has 0 aromatic heterocycles. The number of nitrogens with zero attached hydrogens (tertiary/aromatic N) is 1. The van der Waals surface area contributed by atoms with Crippen molar-refractivity contribution in [3.8, 4) is 0 Å². The van der Waals surface area contributed by atoms with Crippen LogP contribution in [-0.2, 0) is 10.0 Å². The first kappa shape index (κ1) is 16.2. The fraction of sp³-hybridized carbons (Fsp3) is 0.500. The molecule has 0 spiro atoms. The number of nitrogens with one attached hydrogen (secondary N) is 2. The summed E-state index contributed by atoms with van der Waals surface area (Å²) in [5.74, 6) is 0. The first-order valence-corrected chi connectivity index (χ1v) is 8.35. The van der Waals surface area contributed by atoms with E-state index in [2.05, 4.69) is 10.0 Å². The van der Waals surface area contributed by atoms with Crippen LogP contribution in [0.3, 0.4) is 0 Å². The van der Waals surface area contributed by atoms with Crippen LogP contribution in [0.15, 0.2) is 17.0 Å². The normalized spacial score (nSPS) is 18.9. The lowest BCUT2D eigenvalue weighted by Gasteiger charge is -2.13. The van der Waals surface area contributed by atoms with Gasteiger partial charge in [-0.05, 0) is 37.9 Å². The molecule has 1 fully saturated rings. The Kier molecular flexibility index (Phi) is 4.82. The molecule has 1 atom stereocenters. The molecule has 0 aliphatic carbocycles. The van der Waals surface area contributed by atoms with Gasteiger partial charge >= 0.3 is 0 Å². The second-order valence-corrected chi connectivity index (χ2v) is 7.11. The molecule has 1 unspecified atom stereocenters. The first-order valence-electron chi connectivity index (χ1n) is 6.49. The average Bonchev–Trinajstić information content (AvgIpc) is 2.91. The zero-order chi connectivity index (χ0) is 15.6. The molecule has 2 N–H and O–H groups in total. The summed E-state index contributed by atoms with van der Waals surface area (Å²) < 4.78 is 27.0. The summed E-state index contributed by atoms with van der Waals surface area (Å²) in [6.45, 7) is 2.68. The molecule has 0 radical (unpaired) electrons. The van der Waals surface area contributed by atoms with Crippen molar-refractivity contribution in [1.29, 1.82) is 0 Å². The Morgan fingerprint density at radius 2 is 2.24 bits per heavy atom. The lowest BCUT2D eigenvalue weighted by atomic mass is 10.2. The maximum atomic E-state index is 12.3. The van der Waals surface area contributed by atoms with Crippen LogP contribution in [0.5, 0.6) is 0 Å². The third-order valence-electron chi connectivity index (χ3n) is 3.33. The van der Waals surface area contributed by atoms with Crippen LogP contribution in [0.1, 0.15) is 18.4 Å². The van der Waals surface area contributed by atoms with Gasteiger partial charge in [-0.3, -0.25) is 10.1 Å². The summed E-state index contributed by atoms with van der Waals surface area (Å²) in [4.78, 5) is 9.97. The topological polar surface area (TPSA) is 101 Å². The number of nitro benzene ring substituents is 1. The van der Waals surface area contributed by atoms with Gasteiger partial charge in [0.1, 0.15) is 9.92 Å². The van der Waals surface area contributed by atoms with E-state index in [9.17, 15) is 18.5 Å². The SMILES string of the molecule is Cc1cc([N+](=O)[O-])c(Cl)c(S(=O)(=O)NCC2CCCN2)c1. The number of hydrogen-bond donors (Lipinski definition) is 2. The quantitative estimate of drug-likeness (QED) is 0.629. The van der Waals surface area contributed by atoms with Crippen LogP contribution < -0.4 is 10.0 Å². The van der Waals surface area contributed by atoms with Crippen LogP contribution in [0.25, 0.3) is 0 Å².